The second-order valence-electron chi connectivity index (χ2n) is 8.80. The van der Waals surface area contributed by atoms with Gasteiger partial charge in [-0.25, -0.2) is 0 Å². The highest BCUT2D eigenvalue weighted by Crippen LogP contribution is 2.31. The van der Waals surface area contributed by atoms with E-state index in [0.717, 1.165) is 25.4 Å². The normalized spacial score (nSPS) is 13.9. The van der Waals surface area contributed by atoms with Crippen LogP contribution < -0.4 is 19.5 Å². The Morgan fingerprint density at radius 2 is 1.69 bits per heavy atom. The first-order valence-electron chi connectivity index (χ1n) is 12.8. The molecule has 0 saturated carbocycles. The van der Waals surface area contributed by atoms with Crippen molar-refractivity contribution in [3.63, 3.8) is 0 Å². The van der Waals surface area contributed by atoms with Crippen molar-refractivity contribution >= 4 is 17.5 Å². The number of nitrogens with zero attached hydrogens (tertiary/aromatic N) is 2. The molecule has 0 bridgehead atoms. The molecule has 0 unspecified atom stereocenters. The van der Waals surface area contributed by atoms with E-state index in [9.17, 15) is 9.59 Å². The minimum absolute atomic E-state index is 0.0335. The number of rotatable bonds is 13. The summed E-state index contributed by atoms with van der Waals surface area (Å²) < 4.78 is 17.0. The molecule has 0 atom stereocenters. The van der Waals surface area contributed by atoms with E-state index in [4.69, 9.17) is 14.2 Å². The molecule has 2 amide bonds. The van der Waals surface area contributed by atoms with E-state index in [1.807, 2.05) is 47.4 Å². The number of benzene rings is 2. The Balaban J connectivity index is 1.44. The SMILES string of the molecule is CCN(CC)CCOc1cc(NC(=O)C2CCN(C(=O)CCOc3ccccc3)CC2)ccc1OC. The number of likely N-dealkylation sites (N-methyl/N-ethyl adjacent to an activating group) is 1. The van der Waals surface area contributed by atoms with Gasteiger partial charge in [0.1, 0.15) is 12.4 Å². The zero-order valence-corrected chi connectivity index (χ0v) is 21.7. The zero-order valence-electron chi connectivity index (χ0n) is 21.7. The third-order valence-corrected chi connectivity index (χ3v) is 6.54. The van der Waals surface area contributed by atoms with Gasteiger partial charge in [-0.1, -0.05) is 32.0 Å². The maximum atomic E-state index is 12.9. The predicted octanol–water partition coefficient (Wildman–Crippen LogP) is 4.06. The summed E-state index contributed by atoms with van der Waals surface area (Å²) in [4.78, 5) is 29.6. The van der Waals surface area contributed by atoms with Crippen LogP contribution in [0.3, 0.4) is 0 Å². The predicted molar refractivity (Wildman–Crippen MR) is 141 cm³/mol. The van der Waals surface area contributed by atoms with Crippen LogP contribution in [-0.4, -0.2) is 74.7 Å². The van der Waals surface area contributed by atoms with Crippen LogP contribution in [0.15, 0.2) is 48.5 Å². The molecular formula is C28H39N3O5. The Morgan fingerprint density at radius 3 is 2.36 bits per heavy atom. The minimum atomic E-state index is -0.135. The van der Waals surface area contributed by atoms with E-state index in [-0.39, 0.29) is 17.7 Å². The molecule has 1 saturated heterocycles. The number of hydrogen-bond donors (Lipinski definition) is 1. The first-order valence-corrected chi connectivity index (χ1v) is 12.8. The summed E-state index contributed by atoms with van der Waals surface area (Å²) >= 11 is 0. The molecule has 0 aliphatic carbocycles. The quantitative estimate of drug-likeness (QED) is 0.450. The third-order valence-electron chi connectivity index (χ3n) is 6.54. The van der Waals surface area contributed by atoms with Crippen LogP contribution in [-0.2, 0) is 9.59 Å². The molecule has 8 nitrogen and oxygen atoms in total. The molecular weight excluding hydrogens is 458 g/mol. The third kappa shape index (κ3) is 8.16. The van der Waals surface area contributed by atoms with Gasteiger partial charge in [-0.2, -0.15) is 0 Å². The molecule has 196 valence electrons. The second kappa shape index (κ2) is 14.3. The highest BCUT2D eigenvalue weighted by atomic mass is 16.5. The topological polar surface area (TPSA) is 80.3 Å². The van der Waals surface area contributed by atoms with Gasteiger partial charge in [-0.15, -0.1) is 0 Å². The fraction of sp³-hybridized carbons (Fsp3) is 0.500. The average Bonchev–Trinajstić information content (AvgIpc) is 2.92. The summed E-state index contributed by atoms with van der Waals surface area (Å²) in [5.74, 6) is 1.90. The monoisotopic (exact) mass is 497 g/mol. The lowest BCUT2D eigenvalue weighted by Gasteiger charge is -2.31. The fourth-order valence-electron chi connectivity index (χ4n) is 4.26. The molecule has 1 aliphatic heterocycles. The van der Waals surface area contributed by atoms with Crippen molar-refractivity contribution in [2.45, 2.75) is 33.1 Å². The lowest BCUT2D eigenvalue weighted by atomic mass is 9.95. The maximum Gasteiger partial charge on any atom is 0.227 e. The van der Waals surface area contributed by atoms with Crippen LogP contribution in [0.4, 0.5) is 5.69 Å². The highest BCUT2D eigenvalue weighted by molar-refractivity contribution is 5.93. The van der Waals surface area contributed by atoms with Gasteiger partial charge < -0.3 is 29.3 Å². The van der Waals surface area contributed by atoms with Crippen LogP contribution >= 0.6 is 0 Å². The number of likely N-dealkylation sites (tertiary alicyclic amines) is 1. The number of carbonyl (C=O) groups excluding carboxylic acids is 2. The van der Waals surface area contributed by atoms with Crippen LogP contribution in [0.5, 0.6) is 17.2 Å². The smallest absolute Gasteiger partial charge is 0.227 e. The van der Waals surface area contributed by atoms with E-state index < -0.39 is 0 Å². The maximum absolute atomic E-state index is 12.9. The number of carbonyl (C=O) groups is 2. The van der Waals surface area contributed by atoms with Crippen LogP contribution in [0.2, 0.25) is 0 Å². The molecule has 1 aliphatic rings. The molecule has 3 rings (SSSR count). The number of nitrogens with one attached hydrogen (secondary N) is 1. The zero-order chi connectivity index (χ0) is 25.8. The summed E-state index contributed by atoms with van der Waals surface area (Å²) in [5.41, 5.74) is 0.676. The van der Waals surface area contributed by atoms with Gasteiger partial charge >= 0.3 is 0 Å². The summed E-state index contributed by atoms with van der Waals surface area (Å²) in [6.07, 6.45) is 1.61. The van der Waals surface area contributed by atoms with Gasteiger partial charge in [-0.3, -0.25) is 9.59 Å². The number of para-hydroxylation sites is 1. The van der Waals surface area contributed by atoms with E-state index in [1.54, 1.807) is 13.2 Å². The first-order chi connectivity index (χ1) is 17.5. The summed E-state index contributed by atoms with van der Waals surface area (Å²) in [5, 5.41) is 3.01. The van der Waals surface area contributed by atoms with Gasteiger partial charge in [-0.05, 0) is 50.2 Å². The van der Waals surface area contributed by atoms with Crippen LogP contribution in [0.1, 0.15) is 33.1 Å². The number of anilines is 1. The number of amides is 2. The average molecular weight is 498 g/mol. The van der Waals surface area contributed by atoms with E-state index in [2.05, 4.69) is 24.1 Å². The number of piperidine rings is 1. The first kappa shape index (κ1) is 27.3. The number of hydrogen-bond acceptors (Lipinski definition) is 6. The van der Waals surface area contributed by atoms with Crippen molar-refractivity contribution in [1.29, 1.82) is 0 Å². The van der Waals surface area contributed by atoms with E-state index >= 15 is 0 Å². The highest BCUT2D eigenvalue weighted by Gasteiger charge is 2.27. The Morgan fingerprint density at radius 1 is 0.972 bits per heavy atom. The number of methoxy groups -OCH3 is 1. The van der Waals surface area contributed by atoms with E-state index in [1.165, 1.54) is 0 Å². The van der Waals surface area contributed by atoms with Gasteiger partial charge in [0.25, 0.3) is 0 Å². The van der Waals surface area contributed by atoms with Gasteiger partial charge in [0.15, 0.2) is 11.5 Å². The molecule has 1 heterocycles. The molecule has 1 fully saturated rings. The number of ether oxygens (including phenoxy) is 3. The van der Waals surface area contributed by atoms with Crippen molar-refractivity contribution in [3.8, 4) is 17.2 Å². The molecule has 0 radical (unpaired) electrons. The minimum Gasteiger partial charge on any atom is -0.493 e. The molecule has 0 aromatic heterocycles. The lowest BCUT2D eigenvalue weighted by Crippen LogP contribution is -2.41. The van der Waals surface area contributed by atoms with Crippen LogP contribution in [0, 0.1) is 5.92 Å². The molecule has 2 aromatic rings. The Bertz CT molecular complexity index is 957. The van der Waals surface area contributed by atoms with Gasteiger partial charge in [0.2, 0.25) is 11.8 Å². The lowest BCUT2D eigenvalue weighted by molar-refractivity contribution is -0.135. The standard InChI is InChI=1S/C28H39N3O5/c1-4-30(5-2)18-20-36-26-21-23(11-12-25(26)34-3)29-28(33)22-13-16-31(17-14-22)27(32)15-19-35-24-9-7-6-8-10-24/h6-12,21-22H,4-5,13-20H2,1-3H3,(H,29,33). The summed E-state index contributed by atoms with van der Waals surface area (Å²) in [6, 6.07) is 14.9. The Labute approximate surface area is 214 Å². The molecule has 2 aromatic carbocycles. The largest absolute Gasteiger partial charge is 0.493 e. The second-order valence-corrected chi connectivity index (χ2v) is 8.80. The fourth-order valence-corrected chi connectivity index (χ4v) is 4.26. The van der Waals surface area contributed by atoms with Crippen molar-refractivity contribution in [2.24, 2.45) is 5.92 Å². The van der Waals surface area contributed by atoms with Crippen molar-refractivity contribution in [3.05, 3.63) is 48.5 Å². The van der Waals surface area contributed by atoms with Crippen LogP contribution in [0.25, 0.3) is 0 Å². The molecule has 1 N–H and O–H groups in total. The summed E-state index contributed by atoms with van der Waals surface area (Å²) in [6.45, 7) is 9.05. The Kier molecular flexibility index (Phi) is 10.9. The summed E-state index contributed by atoms with van der Waals surface area (Å²) in [7, 11) is 1.60. The van der Waals surface area contributed by atoms with Crippen molar-refractivity contribution in [1.82, 2.24) is 9.80 Å². The van der Waals surface area contributed by atoms with Crippen molar-refractivity contribution in [2.75, 3.05) is 58.4 Å². The Hall–Kier alpha value is -3.26. The van der Waals surface area contributed by atoms with Gasteiger partial charge in [0, 0.05) is 37.3 Å². The molecule has 36 heavy (non-hydrogen) atoms. The molecule has 8 heteroatoms. The van der Waals surface area contributed by atoms with Crippen molar-refractivity contribution < 1.29 is 23.8 Å². The van der Waals surface area contributed by atoms with E-state index in [0.29, 0.717) is 62.8 Å². The molecule has 0 spiro atoms. The van der Waals surface area contributed by atoms with Gasteiger partial charge in [0.05, 0.1) is 20.1 Å².